The minimum absolute atomic E-state index is 0.0565. The smallest absolute Gasteiger partial charge is 0.333 e. The summed E-state index contributed by atoms with van der Waals surface area (Å²) in [6.45, 7) is 10.8. The van der Waals surface area contributed by atoms with Crippen molar-refractivity contribution in [1.82, 2.24) is 0 Å². The van der Waals surface area contributed by atoms with E-state index >= 15 is 0 Å². The molecule has 35 heavy (non-hydrogen) atoms. The fraction of sp³-hybridized carbons (Fsp3) is 0.821. The van der Waals surface area contributed by atoms with E-state index in [1.54, 1.807) is 26.8 Å². The van der Waals surface area contributed by atoms with E-state index in [0.717, 1.165) is 32.1 Å². The van der Waals surface area contributed by atoms with Crippen LogP contribution in [0.3, 0.4) is 0 Å². The van der Waals surface area contributed by atoms with Gasteiger partial charge in [0.15, 0.2) is 0 Å². The SMILES string of the molecule is C/C=C(\C)C(=O)O[C@H]1C2C3(CCC4C[C@@H](O)CC[C@@]42C)OC32CC[C@@H](C(C)=O)[C@@]2(C)[C@@H]1OC(C)=O. The van der Waals surface area contributed by atoms with E-state index in [9.17, 15) is 19.5 Å². The van der Waals surface area contributed by atoms with Crippen molar-refractivity contribution in [3.8, 4) is 0 Å². The van der Waals surface area contributed by atoms with E-state index < -0.39 is 40.8 Å². The molecule has 4 unspecified atom stereocenters. The van der Waals surface area contributed by atoms with Crippen molar-refractivity contribution >= 4 is 17.7 Å². The number of rotatable bonds is 4. The van der Waals surface area contributed by atoms with Crippen molar-refractivity contribution in [3.05, 3.63) is 11.6 Å². The van der Waals surface area contributed by atoms with Gasteiger partial charge in [-0.25, -0.2) is 4.79 Å². The first-order valence-electron chi connectivity index (χ1n) is 13.3. The Labute approximate surface area is 207 Å². The van der Waals surface area contributed by atoms with Crippen molar-refractivity contribution in [2.75, 3.05) is 0 Å². The van der Waals surface area contributed by atoms with E-state index in [-0.39, 0.29) is 35.1 Å². The standard InChI is InChI=1S/C28H40O7/c1-7-15(2)24(32)34-21-22-25(5)11-9-19(31)14-18(25)8-12-27(22)28(35-27)13-10-20(16(3)29)26(28,6)23(21)33-17(4)30/h7,18-23,31H,8-14H2,1-6H3/b15-7+/t18?,19-,20-,21-,22?,23+,25-,26-,27?,28?/m0/s1. The molecule has 10 atom stereocenters. The van der Waals surface area contributed by atoms with Crippen molar-refractivity contribution in [3.63, 3.8) is 0 Å². The van der Waals surface area contributed by atoms with Crippen LogP contribution in [0.4, 0.5) is 0 Å². The fourth-order valence-corrected chi connectivity index (χ4v) is 9.25. The highest BCUT2D eigenvalue weighted by Gasteiger charge is 2.91. The Morgan fingerprint density at radius 3 is 2.34 bits per heavy atom. The van der Waals surface area contributed by atoms with Crippen LogP contribution in [0.2, 0.25) is 0 Å². The van der Waals surface area contributed by atoms with Crippen LogP contribution in [0, 0.1) is 28.6 Å². The summed E-state index contributed by atoms with van der Waals surface area (Å²) in [7, 11) is 0. The number of fused-ring (bicyclic) bond motifs is 2. The molecule has 0 amide bonds. The zero-order chi connectivity index (χ0) is 25.6. The van der Waals surface area contributed by atoms with Crippen molar-refractivity contribution in [1.29, 1.82) is 0 Å². The van der Waals surface area contributed by atoms with Gasteiger partial charge in [0.1, 0.15) is 29.2 Å². The molecule has 5 rings (SSSR count). The minimum Gasteiger partial charge on any atom is -0.458 e. The number of esters is 2. The van der Waals surface area contributed by atoms with E-state index in [2.05, 4.69) is 6.92 Å². The number of allylic oxidation sites excluding steroid dienone is 1. The molecule has 7 nitrogen and oxygen atoms in total. The Bertz CT molecular complexity index is 988. The molecular formula is C28H40O7. The van der Waals surface area contributed by atoms with E-state index in [4.69, 9.17) is 14.2 Å². The predicted octanol–water partition coefficient (Wildman–Crippen LogP) is 3.90. The topological polar surface area (TPSA) is 102 Å². The van der Waals surface area contributed by atoms with Crippen molar-refractivity contribution < 1.29 is 33.7 Å². The van der Waals surface area contributed by atoms with Gasteiger partial charge in [0, 0.05) is 29.7 Å². The van der Waals surface area contributed by atoms with Gasteiger partial charge in [0.25, 0.3) is 0 Å². The third kappa shape index (κ3) is 3.06. The number of ether oxygens (including phenoxy) is 3. The maximum Gasteiger partial charge on any atom is 0.333 e. The quantitative estimate of drug-likeness (QED) is 0.364. The van der Waals surface area contributed by atoms with Crippen LogP contribution in [0.5, 0.6) is 0 Å². The predicted molar refractivity (Wildman–Crippen MR) is 127 cm³/mol. The summed E-state index contributed by atoms with van der Waals surface area (Å²) in [4.78, 5) is 38.6. The number of aliphatic hydroxyl groups is 1. The zero-order valence-electron chi connectivity index (χ0n) is 21.9. The summed E-state index contributed by atoms with van der Waals surface area (Å²) in [5.41, 5.74) is -1.64. The number of hydrogen-bond acceptors (Lipinski definition) is 7. The molecule has 5 fully saturated rings. The Morgan fingerprint density at radius 2 is 1.71 bits per heavy atom. The van der Waals surface area contributed by atoms with Gasteiger partial charge < -0.3 is 19.3 Å². The number of epoxide rings is 1. The van der Waals surface area contributed by atoms with Gasteiger partial charge >= 0.3 is 11.9 Å². The normalized spacial score (nSPS) is 50.2. The second-order valence-corrected chi connectivity index (χ2v) is 12.3. The molecule has 0 aromatic carbocycles. The van der Waals surface area contributed by atoms with Crippen LogP contribution >= 0.6 is 0 Å². The number of Topliss-reactive ketones (excluding diaryl/α,β-unsaturated/α-hetero) is 1. The zero-order valence-corrected chi connectivity index (χ0v) is 21.9. The molecule has 1 N–H and O–H groups in total. The van der Waals surface area contributed by atoms with Gasteiger partial charge in [-0.3, -0.25) is 9.59 Å². The molecule has 0 aromatic heterocycles. The maximum atomic E-state index is 13.2. The maximum absolute atomic E-state index is 13.2. The molecule has 1 saturated heterocycles. The average molecular weight is 489 g/mol. The summed E-state index contributed by atoms with van der Waals surface area (Å²) in [5.74, 6) is -1.08. The summed E-state index contributed by atoms with van der Waals surface area (Å²) >= 11 is 0. The van der Waals surface area contributed by atoms with E-state index in [1.807, 2.05) is 6.92 Å². The number of hydrogen-bond donors (Lipinski definition) is 1. The van der Waals surface area contributed by atoms with Gasteiger partial charge in [0.2, 0.25) is 0 Å². The molecule has 1 aliphatic heterocycles. The molecule has 1 heterocycles. The third-order valence-electron chi connectivity index (χ3n) is 11.0. The Kier molecular flexibility index (Phi) is 5.62. The third-order valence-corrected chi connectivity index (χ3v) is 11.0. The van der Waals surface area contributed by atoms with Gasteiger partial charge in [-0.05, 0) is 77.0 Å². The number of ketones is 1. The van der Waals surface area contributed by atoms with Gasteiger partial charge in [-0.2, -0.15) is 0 Å². The van der Waals surface area contributed by atoms with Crippen LogP contribution in [-0.2, 0) is 28.6 Å². The summed E-state index contributed by atoms with van der Waals surface area (Å²) in [6, 6.07) is 0. The molecule has 4 saturated carbocycles. The Balaban J connectivity index is 1.69. The molecule has 5 aliphatic rings. The van der Waals surface area contributed by atoms with Gasteiger partial charge in [0.05, 0.1) is 6.10 Å². The van der Waals surface area contributed by atoms with E-state index in [1.165, 1.54) is 6.92 Å². The lowest BCUT2D eigenvalue weighted by Gasteiger charge is -2.61. The monoisotopic (exact) mass is 488 g/mol. The molecule has 0 bridgehead atoms. The van der Waals surface area contributed by atoms with Gasteiger partial charge in [-0.1, -0.05) is 19.9 Å². The molecule has 194 valence electrons. The van der Waals surface area contributed by atoms with Gasteiger partial charge in [-0.15, -0.1) is 0 Å². The van der Waals surface area contributed by atoms with Crippen LogP contribution in [0.25, 0.3) is 0 Å². The fourth-order valence-electron chi connectivity index (χ4n) is 9.25. The first-order valence-corrected chi connectivity index (χ1v) is 13.3. The lowest BCUT2D eigenvalue weighted by atomic mass is 9.43. The largest absolute Gasteiger partial charge is 0.458 e. The number of carbonyl (C=O) groups is 3. The molecule has 4 aliphatic carbocycles. The molecule has 7 heteroatoms. The van der Waals surface area contributed by atoms with Crippen LogP contribution in [0.15, 0.2) is 11.6 Å². The molecular weight excluding hydrogens is 448 g/mol. The van der Waals surface area contributed by atoms with Crippen LogP contribution in [-0.4, -0.2) is 52.3 Å². The average Bonchev–Trinajstić information content (AvgIpc) is 3.34. The van der Waals surface area contributed by atoms with Crippen molar-refractivity contribution in [2.45, 2.75) is 116 Å². The number of carbonyl (C=O) groups excluding carboxylic acids is 3. The second kappa shape index (κ2) is 7.88. The highest BCUT2D eigenvalue weighted by atomic mass is 16.7. The lowest BCUT2D eigenvalue weighted by Crippen LogP contribution is -2.70. The number of aliphatic hydroxyl groups excluding tert-OH is 1. The molecule has 0 radical (unpaired) electrons. The van der Waals surface area contributed by atoms with Crippen molar-refractivity contribution in [2.24, 2.45) is 28.6 Å². The van der Waals surface area contributed by atoms with E-state index in [0.29, 0.717) is 18.4 Å². The summed E-state index contributed by atoms with van der Waals surface area (Å²) in [5, 5.41) is 10.5. The summed E-state index contributed by atoms with van der Waals surface area (Å²) < 4.78 is 19.3. The summed E-state index contributed by atoms with van der Waals surface area (Å²) in [6.07, 6.45) is 5.22. The second-order valence-electron chi connectivity index (χ2n) is 12.3. The molecule has 0 aromatic rings. The van der Waals surface area contributed by atoms with Crippen LogP contribution in [0.1, 0.15) is 86.5 Å². The lowest BCUT2D eigenvalue weighted by molar-refractivity contribution is -0.223. The molecule has 2 spiro atoms. The Morgan fingerprint density at radius 1 is 1.00 bits per heavy atom. The first-order chi connectivity index (χ1) is 16.4. The highest BCUT2D eigenvalue weighted by Crippen LogP contribution is 2.81. The first kappa shape index (κ1) is 24.9. The minimum atomic E-state index is -0.785. The highest BCUT2D eigenvalue weighted by molar-refractivity contribution is 5.88. The van der Waals surface area contributed by atoms with Crippen LogP contribution < -0.4 is 0 Å². The Hall–Kier alpha value is -1.73.